The zero-order valence-corrected chi connectivity index (χ0v) is 47.9. The molecule has 9 heteroatoms. The van der Waals surface area contributed by atoms with Crippen LogP contribution in [0.2, 0.25) is 0 Å². The summed E-state index contributed by atoms with van der Waals surface area (Å²) in [5, 5.41) is 18.1. The third kappa shape index (κ3) is 6.30. The number of nitrogens with one attached hydrogen (secondary N) is 1. The number of pyridine rings is 1. The van der Waals surface area contributed by atoms with E-state index in [0.29, 0.717) is 18.4 Å². The highest BCUT2D eigenvalue weighted by atomic mass is 15.2. The van der Waals surface area contributed by atoms with Crippen LogP contribution >= 0.6 is 0 Å². The molecule has 0 amide bonds. The Bertz CT molecular complexity index is 6180. The van der Waals surface area contributed by atoms with Crippen molar-refractivity contribution in [2.24, 2.45) is 0 Å². The smallest absolute Gasteiger partial charge is 0.235 e. The van der Waals surface area contributed by atoms with E-state index in [-0.39, 0.29) is 5.92 Å². The molecule has 20 rings (SSSR count). The second-order valence-corrected chi connectivity index (χ2v) is 23.9. The molecule has 7 aromatic heterocycles. The topological polar surface area (TPSA) is 90.8 Å². The van der Waals surface area contributed by atoms with E-state index in [1.54, 1.807) is 6.20 Å². The van der Waals surface area contributed by atoms with Gasteiger partial charge in [-0.1, -0.05) is 171 Å². The molecule has 0 spiro atoms. The largest absolute Gasteiger partial charge is 0.378 e. The average molecular weight is 1120 g/mol. The molecular formula is C79H49N9. The molecular weight excluding hydrogens is 1070 g/mol. The molecule has 0 fully saturated rings. The highest BCUT2D eigenvalue weighted by Crippen LogP contribution is 2.53. The molecule has 410 valence electrons. The lowest BCUT2D eigenvalue weighted by Gasteiger charge is -2.27. The second kappa shape index (κ2) is 17.5. The first-order valence-electron chi connectivity index (χ1n) is 30.3. The summed E-state index contributed by atoms with van der Waals surface area (Å²) < 4.78 is 7.12. The Morgan fingerprint density at radius 1 is 0.443 bits per heavy atom. The van der Waals surface area contributed by atoms with Gasteiger partial charge >= 0.3 is 0 Å². The van der Waals surface area contributed by atoms with Crippen molar-refractivity contribution in [1.82, 2.24) is 38.5 Å². The number of para-hydroxylation sites is 1. The maximum absolute atomic E-state index is 5.86. The lowest BCUT2D eigenvalue weighted by Crippen LogP contribution is -2.13. The minimum absolute atomic E-state index is 0.182. The summed E-state index contributed by atoms with van der Waals surface area (Å²) in [6.07, 6.45) is 7.97. The number of anilines is 1. The van der Waals surface area contributed by atoms with Gasteiger partial charge in [0.1, 0.15) is 11.2 Å². The zero-order chi connectivity index (χ0) is 57.6. The summed E-state index contributed by atoms with van der Waals surface area (Å²) in [5.74, 6) is 1.40. The quantitative estimate of drug-likeness (QED) is 0.189. The molecule has 1 atom stereocenters. The van der Waals surface area contributed by atoms with Crippen LogP contribution in [0.25, 0.3) is 177 Å². The van der Waals surface area contributed by atoms with E-state index in [4.69, 9.17) is 19.9 Å². The lowest BCUT2D eigenvalue weighted by molar-refractivity contribution is 0.924. The van der Waals surface area contributed by atoms with Crippen molar-refractivity contribution in [3.8, 4) is 56.5 Å². The number of hydrogen-bond donors (Lipinski definition) is 1. The molecule has 1 N–H and O–H groups in total. The van der Waals surface area contributed by atoms with Crippen LogP contribution in [0.1, 0.15) is 35.2 Å². The van der Waals surface area contributed by atoms with Gasteiger partial charge in [0.2, 0.25) is 11.9 Å². The van der Waals surface area contributed by atoms with Gasteiger partial charge < -0.3 is 9.72 Å². The highest BCUT2D eigenvalue weighted by molar-refractivity contribution is 6.38. The Morgan fingerprint density at radius 2 is 1.09 bits per heavy atom. The number of fused-ring (bicyclic) bond motifs is 26. The van der Waals surface area contributed by atoms with Crippen LogP contribution in [-0.2, 0) is 0 Å². The van der Waals surface area contributed by atoms with Crippen molar-refractivity contribution in [3.63, 3.8) is 0 Å². The van der Waals surface area contributed by atoms with Gasteiger partial charge in [-0.2, -0.15) is 0 Å². The standard InChI is InChI=1S/C79H49N9/c1-43-48-19-7-10-24-53(48)57-40-67-73(69(44(57)2)54-25-11-8-20-49(43)54)70-51-22-5-3-17-45(51)32-36-66(70)88(67)79-84-61-29-16-38-81-76(61)75(85-79)55-26-12-9-21-50(55)47-33-34-64-58(39-47)59-41-68-74(72-56-27-13-14-30-63(56)86(64)77(59)72)71-52-23-6-4-18-46(52)31-35-65(71)87(68)78-82-42-62-60(83-78)28-15-37-80-62/h3-37,39-43,81H,38H2,1-2H3. The average Bonchev–Trinajstić information content (AvgIpc) is 1.52. The Hall–Kier alpha value is -11.6. The lowest BCUT2D eigenvalue weighted by atomic mass is 9.77. The molecule has 18 aromatic rings. The first kappa shape index (κ1) is 47.8. The Balaban J connectivity index is 0.853. The fourth-order valence-corrected chi connectivity index (χ4v) is 15.8. The van der Waals surface area contributed by atoms with E-state index in [2.05, 4.69) is 250 Å². The van der Waals surface area contributed by atoms with Crippen LogP contribution in [0, 0.1) is 6.92 Å². The first-order valence-corrected chi connectivity index (χ1v) is 30.3. The third-order valence-corrected chi connectivity index (χ3v) is 19.5. The van der Waals surface area contributed by atoms with Gasteiger partial charge in [-0.05, 0) is 139 Å². The molecule has 0 radical (unpaired) electrons. The maximum atomic E-state index is 5.86. The molecule has 2 bridgehead atoms. The Kier molecular flexibility index (Phi) is 9.52. The van der Waals surface area contributed by atoms with Crippen molar-refractivity contribution in [1.29, 1.82) is 0 Å². The molecule has 11 aromatic carbocycles. The molecule has 1 aliphatic heterocycles. The predicted molar refractivity (Wildman–Crippen MR) is 363 cm³/mol. The summed E-state index contributed by atoms with van der Waals surface area (Å²) in [7, 11) is 0. The fourth-order valence-electron chi connectivity index (χ4n) is 15.8. The third-order valence-electron chi connectivity index (χ3n) is 19.5. The van der Waals surface area contributed by atoms with E-state index in [0.717, 1.165) is 83.2 Å². The van der Waals surface area contributed by atoms with Crippen LogP contribution in [-0.4, -0.2) is 45.0 Å². The van der Waals surface area contributed by atoms with E-state index < -0.39 is 0 Å². The Morgan fingerprint density at radius 3 is 1.90 bits per heavy atom. The number of aromatic nitrogens is 8. The first-order chi connectivity index (χ1) is 43.5. The normalized spacial score (nSPS) is 13.9. The second-order valence-electron chi connectivity index (χ2n) is 23.9. The molecule has 1 aliphatic carbocycles. The zero-order valence-electron chi connectivity index (χ0n) is 47.9. The minimum Gasteiger partial charge on any atom is -0.378 e. The molecule has 9 nitrogen and oxygen atoms in total. The van der Waals surface area contributed by atoms with Crippen molar-refractivity contribution >= 4 is 126 Å². The van der Waals surface area contributed by atoms with Crippen molar-refractivity contribution in [2.75, 3.05) is 11.9 Å². The molecule has 8 heterocycles. The number of benzene rings is 11. The van der Waals surface area contributed by atoms with E-state index in [1.165, 1.54) is 104 Å². The maximum Gasteiger partial charge on any atom is 0.235 e. The van der Waals surface area contributed by atoms with Gasteiger partial charge in [0.25, 0.3) is 0 Å². The SMILES string of the molecule is Cc1c2cc3c(c1-c1ccccc1C(C)c1ccccc1-2)c1c2ccccc2ccc1n3-c1nc2c(c(-c3ccccc3-c3ccc4c(c3)c3cc5c(c6c7ccccc7ccc6n5-c5ncc6ncccc6n5)c5c6ccccc6n4c35)n1)NCC=C2. The molecule has 88 heavy (non-hydrogen) atoms. The molecule has 0 saturated heterocycles. The van der Waals surface area contributed by atoms with Gasteiger partial charge in [0.05, 0.1) is 61.7 Å². The van der Waals surface area contributed by atoms with E-state index >= 15 is 0 Å². The van der Waals surface area contributed by atoms with Crippen molar-refractivity contribution in [3.05, 3.63) is 253 Å². The van der Waals surface area contributed by atoms with Crippen LogP contribution in [0.3, 0.4) is 0 Å². The van der Waals surface area contributed by atoms with Crippen LogP contribution in [0.4, 0.5) is 5.69 Å². The summed E-state index contributed by atoms with van der Waals surface area (Å²) in [5.41, 5.74) is 24.0. The van der Waals surface area contributed by atoms with Gasteiger partial charge in [0, 0.05) is 67.3 Å². The highest BCUT2D eigenvalue weighted by Gasteiger charge is 2.32. The minimum atomic E-state index is 0.182. The monoisotopic (exact) mass is 1120 g/mol. The van der Waals surface area contributed by atoms with Crippen LogP contribution < -0.4 is 5.32 Å². The molecule has 0 saturated carbocycles. The van der Waals surface area contributed by atoms with Crippen LogP contribution in [0.15, 0.2) is 231 Å². The van der Waals surface area contributed by atoms with Crippen molar-refractivity contribution in [2.45, 2.75) is 19.8 Å². The van der Waals surface area contributed by atoms with E-state index in [9.17, 15) is 0 Å². The van der Waals surface area contributed by atoms with Crippen LogP contribution in [0.5, 0.6) is 0 Å². The molecule has 2 aliphatic rings. The fraction of sp³-hybridized carbons (Fsp3) is 0.0506. The van der Waals surface area contributed by atoms with Gasteiger partial charge in [-0.15, -0.1) is 0 Å². The Labute approximate surface area is 503 Å². The number of hydrogen-bond acceptors (Lipinski definition) is 6. The molecule has 1 unspecified atom stereocenters. The van der Waals surface area contributed by atoms with Gasteiger partial charge in [0.15, 0.2) is 0 Å². The number of nitrogens with zero attached hydrogens (tertiary/aromatic N) is 8. The van der Waals surface area contributed by atoms with Gasteiger partial charge in [-0.25, -0.2) is 19.9 Å². The van der Waals surface area contributed by atoms with Crippen molar-refractivity contribution < 1.29 is 0 Å². The predicted octanol–water partition coefficient (Wildman–Crippen LogP) is 19.3. The summed E-state index contributed by atoms with van der Waals surface area (Å²) in [6.45, 7) is 5.34. The van der Waals surface area contributed by atoms with E-state index in [1.807, 2.05) is 18.3 Å². The summed E-state index contributed by atoms with van der Waals surface area (Å²) in [6, 6.07) is 78.1. The number of rotatable bonds is 4. The van der Waals surface area contributed by atoms with Gasteiger partial charge in [-0.3, -0.25) is 14.1 Å². The summed E-state index contributed by atoms with van der Waals surface area (Å²) >= 11 is 0. The summed E-state index contributed by atoms with van der Waals surface area (Å²) in [4.78, 5) is 26.4.